The van der Waals surface area contributed by atoms with Crippen LogP contribution in [-0.4, -0.2) is 28.9 Å². The molecule has 0 radical (unpaired) electrons. The summed E-state index contributed by atoms with van der Waals surface area (Å²) in [6.45, 7) is 6.22. The van der Waals surface area contributed by atoms with E-state index in [0.29, 0.717) is 16.0 Å². The quantitative estimate of drug-likeness (QED) is 0.592. The van der Waals surface area contributed by atoms with Gasteiger partial charge in [0.25, 0.3) is 0 Å². The number of piperidine rings is 1. The minimum Gasteiger partial charge on any atom is -0.443 e. The predicted molar refractivity (Wildman–Crippen MR) is 94.5 cm³/mol. The molecule has 4 rings (SSSR count). The number of nitrogens with zero attached hydrogens (tertiary/aromatic N) is 1. The molecule has 2 aliphatic carbocycles. The first kappa shape index (κ1) is 15.2. The molecular weight excluding hydrogens is 405 g/mol. The van der Waals surface area contributed by atoms with Crippen molar-refractivity contribution in [3.05, 3.63) is 44.7 Å². The van der Waals surface area contributed by atoms with Crippen LogP contribution in [0.15, 0.2) is 33.5 Å². The second kappa shape index (κ2) is 4.59. The van der Waals surface area contributed by atoms with E-state index in [9.17, 15) is 9.59 Å². The predicted octanol–water partition coefficient (Wildman–Crippen LogP) is 4.04. The summed E-state index contributed by atoms with van der Waals surface area (Å²) in [6.07, 6.45) is 0.665. The van der Waals surface area contributed by atoms with Gasteiger partial charge in [-0.3, -0.25) is 9.69 Å². The van der Waals surface area contributed by atoms with Crippen LogP contribution in [0.25, 0.3) is 0 Å². The molecule has 1 saturated carbocycles. The number of likely N-dealkylation sites (tertiary alicyclic amines) is 1. The Morgan fingerprint density at radius 2 is 2.04 bits per heavy atom. The highest BCUT2D eigenvalue weighted by Gasteiger charge is 2.68. The number of fused-ring (bicyclic) bond motifs is 1. The SMILES string of the molecule is CC(C)(C)OC(=O)N1C[C@@H]2C[C@]23C1=C(I)C(=O)c1ccccc13. The first-order valence-electron chi connectivity index (χ1n) is 7.80. The monoisotopic (exact) mass is 423 g/mol. The number of Topliss-reactive ketones (excluding diaryl/α,β-unsaturated/α-hetero) is 1. The average molecular weight is 423 g/mol. The van der Waals surface area contributed by atoms with E-state index in [1.165, 1.54) is 0 Å². The molecule has 2 fully saturated rings. The molecule has 1 aliphatic heterocycles. The lowest BCUT2D eigenvalue weighted by molar-refractivity contribution is 0.0322. The number of hydrogen-bond donors (Lipinski definition) is 0. The van der Waals surface area contributed by atoms with Crippen molar-refractivity contribution in [2.24, 2.45) is 5.92 Å². The third-order valence-corrected chi connectivity index (χ3v) is 5.87. The lowest BCUT2D eigenvalue weighted by Crippen LogP contribution is -2.38. The van der Waals surface area contributed by atoms with E-state index >= 15 is 0 Å². The summed E-state index contributed by atoms with van der Waals surface area (Å²) in [6, 6.07) is 7.81. The Hall–Kier alpha value is -1.37. The van der Waals surface area contributed by atoms with E-state index in [0.717, 1.165) is 23.2 Å². The topological polar surface area (TPSA) is 46.6 Å². The molecule has 1 aromatic carbocycles. The summed E-state index contributed by atoms with van der Waals surface area (Å²) < 4.78 is 6.21. The fraction of sp³-hybridized carbons (Fsp3) is 0.444. The molecule has 1 spiro atoms. The van der Waals surface area contributed by atoms with E-state index in [4.69, 9.17) is 4.74 Å². The number of halogens is 1. The molecule has 0 N–H and O–H groups in total. The van der Waals surface area contributed by atoms with Crippen LogP contribution in [0.2, 0.25) is 0 Å². The van der Waals surface area contributed by atoms with E-state index in [1.807, 2.05) is 45.0 Å². The highest BCUT2D eigenvalue weighted by molar-refractivity contribution is 14.1. The third-order valence-electron chi connectivity index (χ3n) is 4.87. The molecule has 1 aromatic rings. The van der Waals surface area contributed by atoms with Crippen molar-refractivity contribution in [2.45, 2.75) is 38.2 Å². The smallest absolute Gasteiger partial charge is 0.414 e. The summed E-state index contributed by atoms with van der Waals surface area (Å²) in [5.41, 5.74) is 2.03. The fourth-order valence-corrected chi connectivity index (χ4v) is 5.01. The van der Waals surface area contributed by atoms with E-state index in [-0.39, 0.29) is 17.3 Å². The minimum absolute atomic E-state index is 0.0166. The maximum Gasteiger partial charge on any atom is 0.414 e. The van der Waals surface area contributed by atoms with Gasteiger partial charge in [-0.25, -0.2) is 4.79 Å². The van der Waals surface area contributed by atoms with Crippen LogP contribution in [0.4, 0.5) is 4.79 Å². The van der Waals surface area contributed by atoms with Gasteiger partial charge < -0.3 is 4.74 Å². The van der Waals surface area contributed by atoms with Crippen LogP contribution < -0.4 is 0 Å². The van der Waals surface area contributed by atoms with Gasteiger partial charge in [0.05, 0.1) is 9.28 Å². The van der Waals surface area contributed by atoms with Crippen molar-refractivity contribution in [3.63, 3.8) is 0 Å². The average Bonchev–Trinajstić information content (AvgIpc) is 3.08. The standard InChI is InChI=1S/C18H18INO3/c1-17(2,3)23-16(22)20-9-10-8-18(10)12-7-5-4-6-11(12)14(21)13(19)15(18)20/h4-7,10H,8-9H2,1-3H3/t10-,18-/m0/s1. The molecule has 1 saturated heterocycles. The molecule has 2 atom stereocenters. The van der Waals surface area contributed by atoms with Gasteiger partial charge in [0.1, 0.15) is 5.60 Å². The van der Waals surface area contributed by atoms with E-state index in [1.54, 1.807) is 4.90 Å². The van der Waals surface area contributed by atoms with E-state index < -0.39 is 5.60 Å². The normalized spacial score (nSPS) is 28.3. The van der Waals surface area contributed by atoms with Gasteiger partial charge in [-0.1, -0.05) is 24.3 Å². The van der Waals surface area contributed by atoms with Crippen LogP contribution in [0, 0.1) is 5.92 Å². The minimum atomic E-state index is -0.542. The van der Waals surface area contributed by atoms with Crippen LogP contribution in [0.5, 0.6) is 0 Å². The largest absolute Gasteiger partial charge is 0.443 e. The zero-order valence-electron chi connectivity index (χ0n) is 13.4. The Bertz CT molecular complexity index is 777. The van der Waals surface area contributed by atoms with Crippen molar-refractivity contribution < 1.29 is 14.3 Å². The number of rotatable bonds is 0. The Morgan fingerprint density at radius 3 is 2.74 bits per heavy atom. The molecule has 5 heteroatoms. The van der Waals surface area contributed by atoms with Crippen molar-refractivity contribution in [2.75, 3.05) is 6.54 Å². The molecule has 0 unspecified atom stereocenters. The Balaban J connectivity index is 1.80. The lowest BCUT2D eigenvalue weighted by Gasteiger charge is -2.32. The van der Waals surface area contributed by atoms with E-state index in [2.05, 4.69) is 22.6 Å². The van der Waals surface area contributed by atoms with Gasteiger partial charge in [-0.05, 0) is 61.3 Å². The first-order valence-corrected chi connectivity index (χ1v) is 8.88. The molecule has 1 heterocycles. The number of amides is 1. The van der Waals surface area contributed by atoms with Crippen LogP contribution >= 0.6 is 22.6 Å². The molecule has 3 aliphatic rings. The Labute approximate surface area is 149 Å². The number of benzene rings is 1. The fourth-order valence-electron chi connectivity index (χ4n) is 3.94. The number of carbonyl (C=O) groups is 2. The highest BCUT2D eigenvalue weighted by atomic mass is 127. The summed E-state index contributed by atoms with van der Waals surface area (Å²) in [5.74, 6) is 0.409. The second-order valence-corrected chi connectivity index (χ2v) is 8.58. The van der Waals surface area contributed by atoms with Crippen molar-refractivity contribution in [1.29, 1.82) is 0 Å². The van der Waals surface area contributed by atoms with Gasteiger partial charge in [-0.15, -0.1) is 0 Å². The number of hydrogen-bond acceptors (Lipinski definition) is 3. The Kier molecular flexibility index (Phi) is 3.03. The molecule has 23 heavy (non-hydrogen) atoms. The molecule has 0 aromatic heterocycles. The van der Waals surface area contributed by atoms with Crippen LogP contribution in [-0.2, 0) is 10.2 Å². The molecule has 0 bridgehead atoms. The van der Waals surface area contributed by atoms with Gasteiger partial charge in [-0.2, -0.15) is 0 Å². The number of ether oxygens (including phenoxy) is 1. The summed E-state index contributed by atoms with van der Waals surface area (Å²) in [5, 5.41) is 0. The lowest BCUT2D eigenvalue weighted by atomic mass is 9.81. The zero-order chi connectivity index (χ0) is 16.6. The van der Waals surface area contributed by atoms with Gasteiger partial charge in [0.15, 0.2) is 0 Å². The Morgan fingerprint density at radius 1 is 1.35 bits per heavy atom. The summed E-state index contributed by atoms with van der Waals surface area (Å²) >= 11 is 2.10. The second-order valence-electron chi connectivity index (χ2n) is 7.50. The molecule has 120 valence electrons. The maximum atomic E-state index is 12.7. The number of carbonyl (C=O) groups excluding carboxylic acids is 2. The van der Waals surface area contributed by atoms with Gasteiger partial charge in [0, 0.05) is 17.5 Å². The highest BCUT2D eigenvalue weighted by Crippen LogP contribution is 2.68. The van der Waals surface area contributed by atoms with Gasteiger partial charge in [0.2, 0.25) is 5.78 Å². The van der Waals surface area contributed by atoms with Crippen LogP contribution in [0.1, 0.15) is 43.1 Å². The summed E-state index contributed by atoms with van der Waals surface area (Å²) in [7, 11) is 0. The molecular formula is C18H18INO3. The third kappa shape index (κ3) is 2.01. The van der Waals surface area contributed by atoms with Crippen molar-refractivity contribution in [3.8, 4) is 0 Å². The van der Waals surface area contributed by atoms with Crippen molar-refractivity contribution in [1.82, 2.24) is 4.90 Å². The molecule has 4 nitrogen and oxygen atoms in total. The van der Waals surface area contributed by atoms with Crippen molar-refractivity contribution >= 4 is 34.5 Å². The number of allylic oxidation sites excluding steroid dienone is 2. The van der Waals surface area contributed by atoms with Crippen LogP contribution in [0.3, 0.4) is 0 Å². The number of ketones is 1. The summed E-state index contributed by atoms with van der Waals surface area (Å²) in [4.78, 5) is 27.0. The van der Waals surface area contributed by atoms with Gasteiger partial charge >= 0.3 is 6.09 Å². The first-order chi connectivity index (χ1) is 10.8. The maximum absolute atomic E-state index is 12.7. The molecule has 1 amide bonds. The zero-order valence-corrected chi connectivity index (χ0v) is 15.5.